The van der Waals surface area contributed by atoms with Gasteiger partial charge in [0.25, 0.3) is 10.1 Å². The zero-order valence-corrected chi connectivity index (χ0v) is 11.2. The van der Waals surface area contributed by atoms with Crippen molar-refractivity contribution in [2.75, 3.05) is 12.9 Å². The fourth-order valence-corrected chi connectivity index (χ4v) is 1.65. The summed E-state index contributed by atoms with van der Waals surface area (Å²) in [6.07, 6.45) is 4.01. The van der Waals surface area contributed by atoms with Gasteiger partial charge in [-0.3, -0.25) is 4.55 Å². The van der Waals surface area contributed by atoms with Crippen LogP contribution in [0.3, 0.4) is 0 Å². The van der Waals surface area contributed by atoms with E-state index in [0.29, 0.717) is 18.2 Å². The third kappa shape index (κ3) is 5.37. The van der Waals surface area contributed by atoms with Gasteiger partial charge >= 0.3 is 0 Å². The number of fused-ring (bicyclic) bond motifs is 1. The van der Waals surface area contributed by atoms with Crippen molar-refractivity contribution in [3.8, 4) is 0 Å². The highest BCUT2D eigenvalue weighted by Gasteiger charge is 2.05. The summed E-state index contributed by atoms with van der Waals surface area (Å²) in [5, 5.41) is 9.62. The molecule has 0 aliphatic rings. The van der Waals surface area contributed by atoms with Gasteiger partial charge in [-0.1, -0.05) is 12.1 Å². The number of aliphatic hydroxyl groups excluding tert-OH is 1. The van der Waals surface area contributed by atoms with E-state index in [4.69, 9.17) is 9.66 Å². The van der Waals surface area contributed by atoms with Crippen molar-refractivity contribution >= 4 is 21.0 Å². The minimum absolute atomic E-state index is 0.169. The number of hydrogen-bond donors (Lipinski definition) is 3. The van der Waals surface area contributed by atoms with Crippen LogP contribution in [0.4, 0.5) is 4.39 Å². The average Bonchev–Trinajstić information content (AvgIpc) is 2.69. The number of nitrogens with one attached hydrogen (secondary N) is 1. The Morgan fingerprint density at radius 3 is 2.58 bits per heavy atom. The lowest BCUT2D eigenvalue weighted by atomic mass is 10.1. The molecule has 0 saturated heterocycles. The van der Waals surface area contributed by atoms with E-state index in [2.05, 4.69) is 4.98 Å². The fourth-order valence-electron chi connectivity index (χ4n) is 1.65. The van der Waals surface area contributed by atoms with E-state index in [9.17, 15) is 12.8 Å². The lowest BCUT2D eigenvalue weighted by Gasteiger charge is -1.96. The fraction of sp³-hybridized carbons (Fsp3) is 0.333. The second kappa shape index (κ2) is 6.65. The van der Waals surface area contributed by atoms with Crippen LogP contribution in [0.25, 0.3) is 10.9 Å². The number of benzene rings is 1. The highest BCUT2D eigenvalue weighted by atomic mass is 32.2. The Labute approximate surface area is 110 Å². The van der Waals surface area contributed by atoms with E-state index in [1.807, 2.05) is 12.3 Å². The molecular formula is C12H16FNO4S. The third-order valence-corrected chi connectivity index (χ3v) is 2.35. The molecule has 3 N–H and O–H groups in total. The molecule has 0 fully saturated rings. The number of para-hydroxylation sites is 1. The number of aryl methyl sites for hydroxylation is 1. The Kier molecular flexibility index (Phi) is 5.46. The molecule has 0 saturated carbocycles. The molecular weight excluding hydrogens is 273 g/mol. The van der Waals surface area contributed by atoms with E-state index in [-0.39, 0.29) is 12.4 Å². The van der Waals surface area contributed by atoms with Crippen LogP contribution in [-0.4, -0.2) is 35.9 Å². The highest BCUT2D eigenvalue weighted by molar-refractivity contribution is 7.85. The van der Waals surface area contributed by atoms with Gasteiger partial charge in [0.2, 0.25) is 0 Å². The molecule has 0 aliphatic heterocycles. The predicted molar refractivity (Wildman–Crippen MR) is 71.1 cm³/mol. The van der Waals surface area contributed by atoms with Crippen LogP contribution in [0, 0.1) is 5.82 Å². The van der Waals surface area contributed by atoms with Crippen molar-refractivity contribution in [1.82, 2.24) is 4.98 Å². The lowest BCUT2D eigenvalue weighted by molar-refractivity contribution is 0.289. The van der Waals surface area contributed by atoms with Crippen LogP contribution in [0.5, 0.6) is 0 Å². The molecule has 0 aliphatic carbocycles. The molecule has 2 rings (SSSR count). The van der Waals surface area contributed by atoms with Crippen LogP contribution < -0.4 is 0 Å². The van der Waals surface area contributed by atoms with Crippen LogP contribution in [0.2, 0.25) is 0 Å². The summed E-state index contributed by atoms with van der Waals surface area (Å²) < 4.78 is 39.1. The van der Waals surface area contributed by atoms with Crippen molar-refractivity contribution in [1.29, 1.82) is 0 Å². The summed E-state index contributed by atoms with van der Waals surface area (Å²) in [5.41, 5.74) is 1.62. The Bertz CT molecular complexity index is 628. The van der Waals surface area contributed by atoms with E-state index in [1.54, 1.807) is 6.07 Å². The van der Waals surface area contributed by atoms with Crippen molar-refractivity contribution in [3.05, 3.63) is 35.8 Å². The molecule has 2 aromatic rings. The minimum Gasteiger partial charge on any atom is -0.396 e. The smallest absolute Gasteiger partial charge is 0.261 e. The molecule has 106 valence electrons. The first-order valence-electron chi connectivity index (χ1n) is 5.60. The normalized spacial score (nSPS) is 11.2. The SMILES string of the molecule is CS(=O)(=O)O.OCCCc1c[nH]c2c(F)cccc12. The molecule has 0 bridgehead atoms. The second-order valence-corrected chi connectivity index (χ2v) is 5.50. The zero-order valence-electron chi connectivity index (χ0n) is 10.4. The standard InChI is InChI=1S/C11H12FNO.CH4O3S/c12-10-5-1-4-9-8(3-2-6-14)7-13-11(9)10;1-5(2,3)4/h1,4-5,7,13-14H,2-3,6H2;1H3,(H,2,3,4). The Morgan fingerprint density at radius 1 is 1.37 bits per heavy atom. The van der Waals surface area contributed by atoms with Crippen LogP contribution in [-0.2, 0) is 16.5 Å². The first-order valence-corrected chi connectivity index (χ1v) is 7.45. The van der Waals surface area contributed by atoms with Gasteiger partial charge in [0.1, 0.15) is 5.82 Å². The zero-order chi connectivity index (χ0) is 14.5. The van der Waals surface area contributed by atoms with Crippen molar-refractivity contribution in [2.24, 2.45) is 0 Å². The largest absolute Gasteiger partial charge is 0.396 e. The van der Waals surface area contributed by atoms with Crippen molar-refractivity contribution in [3.63, 3.8) is 0 Å². The number of halogens is 1. The Hall–Kier alpha value is -1.44. The first kappa shape index (κ1) is 15.6. The molecule has 0 radical (unpaired) electrons. The Morgan fingerprint density at radius 2 is 2.00 bits per heavy atom. The number of aromatic nitrogens is 1. The molecule has 5 nitrogen and oxygen atoms in total. The summed E-state index contributed by atoms with van der Waals surface area (Å²) >= 11 is 0. The molecule has 19 heavy (non-hydrogen) atoms. The van der Waals surface area contributed by atoms with Gasteiger partial charge in [-0.25, -0.2) is 4.39 Å². The quantitative estimate of drug-likeness (QED) is 0.751. The highest BCUT2D eigenvalue weighted by Crippen LogP contribution is 2.21. The maximum Gasteiger partial charge on any atom is 0.261 e. The number of H-pyrrole nitrogens is 1. The van der Waals surface area contributed by atoms with Gasteiger partial charge in [0, 0.05) is 18.2 Å². The van der Waals surface area contributed by atoms with Crippen LogP contribution in [0.1, 0.15) is 12.0 Å². The summed E-state index contributed by atoms with van der Waals surface area (Å²) in [6.45, 7) is 0.169. The molecule has 7 heteroatoms. The average molecular weight is 289 g/mol. The molecule has 0 spiro atoms. The first-order chi connectivity index (χ1) is 8.83. The van der Waals surface area contributed by atoms with Gasteiger partial charge in [-0.15, -0.1) is 0 Å². The van der Waals surface area contributed by atoms with Crippen molar-refractivity contribution < 1.29 is 22.5 Å². The van der Waals surface area contributed by atoms with Gasteiger partial charge in [0.15, 0.2) is 0 Å². The third-order valence-electron chi connectivity index (χ3n) is 2.35. The molecule has 1 heterocycles. The van der Waals surface area contributed by atoms with Crippen molar-refractivity contribution in [2.45, 2.75) is 12.8 Å². The molecule has 0 unspecified atom stereocenters. The van der Waals surface area contributed by atoms with E-state index >= 15 is 0 Å². The molecule has 1 aromatic carbocycles. The predicted octanol–water partition coefficient (Wildman–Crippen LogP) is 1.74. The van der Waals surface area contributed by atoms with E-state index in [1.165, 1.54) is 6.07 Å². The number of aliphatic hydroxyl groups is 1. The van der Waals surface area contributed by atoms with Gasteiger partial charge in [-0.05, 0) is 24.5 Å². The number of rotatable bonds is 3. The topological polar surface area (TPSA) is 90.4 Å². The Balaban J connectivity index is 0.000000312. The van der Waals surface area contributed by atoms with Crippen LogP contribution in [0.15, 0.2) is 24.4 Å². The monoisotopic (exact) mass is 289 g/mol. The summed E-state index contributed by atoms with van der Waals surface area (Å²) in [4.78, 5) is 2.91. The maximum absolute atomic E-state index is 13.2. The summed E-state index contributed by atoms with van der Waals surface area (Å²) in [6, 6.07) is 5.03. The second-order valence-electron chi connectivity index (χ2n) is 4.04. The van der Waals surface area contributed by atoms with Crippen LogP contribution >= 0.6 is 0 Å². The summed E-state index contributed by atoms with van der Waals surface area (Å²) in [5.74, 6) is -0.224. The van der Waals surface area contributed by atoms with E-state index in [0.717, 1.165) is 17.4 Å². The van der Waals surface area contributed by atoms with Gasteiger partial charge < -0.3 is 10.1 Å². The number of aromatic amines is 1. The summed E-state index contributed by atoms with van der Waals surface area (Å²) in [7, 11) is -3.67. The number of hydrogen-bond acceptors (Lipinski definition) is 3. The van der Waals surface area contributed by atoms with E-state index < -0.39 is 10.1 Å². The minimum atomic E-state index is -3.67. The molecule has 1 aromatic heterocycles. The molecule has 0 atom stereocenters. The van der Waals surface area contributed by atoms with Gasteiger partial charge in [-0.2, -0.15) is 8.42 Å². The van der Waals surface area contributed by atoms with Gasteiger partial charge in [0.05, 0.1) is 11.8 Å². The molecule has 0 amide bonds. The maximum atomic E-state index is 13.2. The lowest BCUT2D eigenvalue weighted by Crippen LogP contribution is -1.88.